The van der Waals surface area contributed by atoms with Crippen molar-refractivity contribution < 1.29 is 0 Å². The van der Waals surface area contributed by atoms with Crippen LogP contribution in [0, 0.1) is 5.92 Å². The van der Waals surface area contributed by atoms with Crippen molar-refractivity contribution in [3.05, 3.63) is 235 Å². The number of fused-ring (bicyclic) bond motifs is 7. The first kappa shape index (κ1) is 39.0. The lowest BCUT2D eigenvalue weighted by molar-refractivity contribution is 0.790. The van der Waals surface area contributed by atoms with Crippen LogP contribution in [0.3, 0.4) is 0 Å². The molecule has 0 aliphatic carbocycles. The van der Waals surface area contributed by atoms with Crippen LogP contribution >= 0.6 is 11.3 Å². The number of allylic oxidation sites excluding steroid dienone is 3. The smallest absolute Gasteiger partial charge is 0.0743 e. The van der Waals surface area contributed by atoms with E-state index in [1.165, 1.54) is 97.3 Å². The molecule has 0 radical (unpaired) electrons. The Balaban J connectivity index is 1.13. The zero-order chi connectivity index (χ0) is 43.4. The number of nitrogens with zero attached hydrogens (tertiary/aromatic N) is 2. The minimum atomic E-state index is 0.110. The molecule has 9 aromatic carbocycles. The molecule has 1 unspecified atom stereocenters. The SMILES string of the molecule is CCC1=C(c2cccc(-c3ccccc3)c2)/N=C(/c2cc(-n3c4ccccc4c4cc5ccccc5cc43)cc3sc4ccccc4c23)C(C)C\C=C\1c1ccc(-c2ccccc2)cc1. The molecule has 310 valence electrons. The van der Waals surface area contributed by atoms with E-state index in [2.05, 4.69) is 231 Å². The van der Waals surface area contributed by atoms with Gasteiger partial charge in [-0.15, -0.1) is 11.3 Å². The van der Waals surface area contributed by atoms with Crippen LogP contribution in [0.25, 0.3) is 92.0 Å². The molecule has 12 rings (SSSR count). The Labute approximate surface area is 383 Å². The molecule has 0 bridgehead atoms. The van der Waals surface area contributed by atoms with Gasteiger partial charge in [0.1, 0.15) is 0 Å². The fraction of sp³-hybridized carbons (Fsp3) is 0.0806. The van der Waals surface area contributed by atoms with Gasteiger partial charge in [-0.3, -0.25) is 4.99 Å². The zero-order valence-electron chi connectivity index (χ0n) is 36.5. The van der Waals surface area contributed by atoms with Crippen molar-refractivity contribution in [1.82, 2.24) is 4.57 Å². The predicted molar refractivity (Wildman–Crippen MR) is 280 cm³/mol. The average Bonchev–Trinajstić information content (AvgIpc) is 3.90. The predicted octanol–water partition coefficient (Wildman–Crippen LogP) is 17.4. The Morgan fingerprint density at radius 3 is 1.89 bits per heavy atom. The van der Waals surface area contributed by atoms with Gasteiger partial charge in [-0.25, -0.2) is 0 Å². The van der Waals surface area contributed by atoms with E-state index >= 15 is 0 Å². The number of para-hydroxylation sites is 1. The largest absolute Gasteiger partial charge is 0.309 e. The van der Waals surface area contributed by atoms with E-state index in [0.717, 1.165) is 35.5 Å². The van der Waals surface area contributed by atoms with Gasteiger partial charge in [0.05, 0.1) is 22.4 Å². The number of hydrogen-bond donors (Lipinski definition) is 0. The van der Waals surface area contributed by atoms with Crippen molar-refractivity contribution in [2.45, 2.75) is 26.7 Å². The first-order valence-corrected chi connectivity index (χ1v) is 23.6. The minimum Gasteiger partial charge on any atom is -0.309 e. The van der Waals surface area contributed by atoms with Crippen molar-refractivity contribution >= 4 is 81.1 Å². The van der Waals surface area contributed by atoms with Crippen LogP contribution in [-0.2, 0) is 0 Å². The van der Waals surface area contributed by atoms with E-state index < -0.39 is 0 Å². The maximum absolute atomic E-state index is 6.06. The molecule has 3 heteroatoms. The molecule has 0 amide bonds. The molecule has 1 aliphatic rings. The van der Waals surface area contributed by atoms with Crippen LogP contribution in [0.15, 0.2) is 223 Å². The molecule has 0 N–H and O–H groups in total. The lowest BCUT2D eigenvalue weighted by atomic mass is 9.85. The van der Waals surface area contributed by atoms with Crippen molar-refractivity contribution in [3.8, 4) is 27.9 Å². The van der Waals surface area contributed by atoms with Crippen LogP contribution in [0.4, 0.5) is 0 Å². The van der Waals surface area contributed by atoms with E-state index in [-0.39, 0.29) is 5.92 Å². The first-order chi connectivity index (χ1) is 32.1. The van der Waals surface area contributed by atoms with Crippen LogP contribution < -0.4 is 0 Å². The molecule has 65 heavy (non-hydrogen) atoms. The normalized spacial score (nSPS) is 17.3. The van der Waals surface area contributed by atoms with Crippen molar-refractivity contribution in [3.63, 3.8) is 0 Å². The molecule has 1 atom stereocenters. The van der Waals surface area contributed by atoms with Gasteiger partial charge in [-0.1, -0.05) is 184 Å². The average molecular weight is 851 g/mol. The van der Waals surface area contributed by atoms with Gasteiger partial charge in [0.25, 0.3) is 0 Å². The fourth-order valence-electron chi connectivity index (χ4n) is 10.2. The summed E-state index contributed by atoms with van der Waals surface area (Å²) in [6.45, 7) is 4.67. The van der Waals surface area contributed by atoms with E-state index in [1.54, 1.807) is 0 Å². The summed E-state index contributed by atoms with van der Waals surface area (Å²) in [7, 11) is 0. The molecule has 0 spiro atoms. The van der Waals surface area contributed by atoms with Crippen molar-refractivity contribution in [1.29, 1.82) is 0 Å². The summed E-state index contributed by atoms with van der Waals surface area (Å²) in [6.07, 6.45) is 4.18. The molecule has 2 aromatic heterocycles. The number of thiophene rings is 1. The molecule has 2 nitrogen and oxygen atoms in total. The maximum Gasteiger partial charge on any atom is 0.0743 e. The van der Waals surface area contributed by atoms with Crippen LogP contribution in [0.1, 0.15) is 43.4 Å². The summed E-state index contributed by atoms with van der Waals surface area (Å²) in [5.74, 6) is 0.110. The highest BCUT2D eigenvalue weighted by atomic mass is 32.1. The van der Waals surface area contributed by atoms with Gasteiger partial charge < -0.3 is 4.57 Å². The van der Waals surface area contributed by atoms with Gasteiger partial charge in [0.15, 0.2) is 0 Å². The van der Waals surface area contributed by atoms with Crippen LogP contribution in [0.5, 0.6) is 0 Å². The Morgan fingerprint density at radius 2 is 1.12 bits per heavy atom. The lowest BCUT2D eigenvalue weighted by Crippen LogP contribution is -2.16. The number of benzene rings is 9. The highest BCUT2D eigenvalue weighted by Crippen LogP contribution is 2.44. The van der Waals surface area contributed by atoms with Gasteiger partial charge in [0.2, 0.25) is 0 Å². The summed E-state index contributed by atoms with van der Waals surface area (Å²) in [6, 6.07) is 75.7. The summed E-state index contributed by atoms with van der Waals surface area (Å²) in [5.41, 5.74) is 16.6. The third-order valence-corrected chi connectivity index (χ3v) is 14.5. The summed E-state index contributed by atoms with van der Waals surface area (Å²) in [5, 5.41) is 7.57. The first-order valence-electron chi connectivity index (χ1n) is 22.8. The molecule has 0 saturated carbocycles. The molecule has 1 aliphatic heterocycles. The second kappa shape index (κ2) is 16.2. The molecular formula is C62H46N2S. The Bertz CT molecular complexity index is 3710. The van der Waals surface area contributed by atoms with Gasteiger partial charge in [-0.05, 0) is 105 Å². The molecule has 0 fully saturated rings. The minimum absolute atomic E-state index is 0.110. The highest BCUT2D eigenvalue weighted by Gasteiger charge is 2.26. The molecule has 3 heterocycles. The van der Waals surface area contributed by atoms with Crippen molar-refractivity contribution in [2.24, 2.45) is 10.9 Å². The lowest BCUT2D eigenvalue weighted by Gasteiger charge is -2.24. The van der Waals surface area contributed by atoms with E-state index in [9.17, 15) is 0 Å². The summed E-state index contributed by atoms with van der Waals surface area (Å²) < 4.78 is 5.05. The topological polar surface area (TPSA) is 17.3 Å². The Hall–Kier alpha value is -7.59. The van der Waals surface area contributed by atoms with E-state index in [4.69, 9.17) is 4.99 Å². The number of rotatable bonds is 7. The maximum atomic E-state index is 6.06. The van der Waals surface area contributed by atoms with Gasteiger partial charge >= 0.3 is 0 Å². The van der Waals surface area contributed by atoms with Crippen molar-refractivity contribution in [2.75, 3.05) is 0 Å². The third-order valence-electron chi connectivity index (χ3n) is 13.4. The van der Waals surface area contributed by atoms with Crippen LogP contribution in [-0.4, -0.2) is 10.3 Å². The number of aliphatic imine (C=N–C) groups is 1. The second-order valence-corrected chi connectivity index (χ2v) is 18.4. The number of aromatic nitrogens is 1. The highest BCUT2D eigenvalue weighted by molar-refractivity contribution is 7.26. The van der Waals surface area contributed by atoms with E-state index in [1.807, 2.05) is 11.3 Å². The quantitative estimate of drug-likeness (QED) is 0.152. The van der Waals surface area contributed by atoms with Gasteiger partial charge in [-0.2, -0.15) is 0 Å². The Morgan fingerprint density at radius 1 is 0.508 bits per heavy atom. The zero-order valence-corrected chi connectivity index (χ0v) is 37.3. The van der Waals surface area contributed by atoms with Gasteiger partial charge in [0, 0.05) is 53.7 Å². The third kappa shape index (κ3) is 6.83. The van der Waals surface area contributed by atoms with E-state index in [0.29, 0.717) is 0 Å². The second-order valence-electron chi connectivity index (χ2n) is 17.4. The summed E-state index contributed by atoms with van der Waals surface area (Å²) >= 11 is 1.88. The molecule has 11 aromatic rings. The molecule has 0 saturated heterocycles. The monoisotopic (exact) mass is 850 g/mol. The fourth-order valence-corrected chi connectivity index (χ4v) is 11.4. The Kier molecular flexibility index (Phi) is 9.73. The van der Waals surface area contributed by atoms with Crippen LogP contribution in [0.2, 0.25) is 0 Å². The molecular weight excluding hydrogens is 805 g/mol. The summed E-state index contributed by atoms with van der Waals surface area (Å²) in [4.78, 5) is 6.06. The standard InChI is InChI=1S/C62H46N2S/c1-3-50-51(44-32-30-43(31-33-44)41-17-6-4-7-18-41)34-29-40(2)61(63-62(50)48-24-16-23-45(35-48)42-19-8-5-9-20-42)55-38-49(39-59-60(55)53-26-13-15-28-58(53)65-59)64-56-27-14-12-25-52(56)54-36-46-21-10-11-22-47(46)37-57(54)64/h4-28,30-40H,3,29H2,1-2H3/b51-34+,62-50-,63-61+. The number of hydrogen-bond acceptors (Lipinski definition) is 2.